The van der Waals surface area contributed by atoms with Crippen molar-refractivity contribution < 1.29 is 9.15 Å². The zero-order chi connectivity index (χ0) is 14.7. The van der Waals surface area contributed by atoms with E-state index in [1.807, 2.05) is 19.9 Å². The van der Waals surface area contributed by atoms with E-state index in [4.69, 9.17) is 21.4 Å². The average molecular weight is 295 g/mol. The molecule has 0 aliphatic carbocycles. The van der Waals surface area contributed by atoms with E-state index in [2.05, 4.69) is 10.2 Å². The number of aryl methyl sites for hydroxylation is 2. The van der Waals surface area contributed by atoms with Crippen molar-refractivity contribution in [3.8, 4) is 11.5 Å². The lowest BCUT2D eigenvalue weighted by molar-refractivity contribution is 0.189. The molecule has 7 heteroatoms. The molecule has 20 heavy (non-hydrogen) atoms. The summed E-state index contributed by atoms with van der Waals surface area (Å²) in [5.41, 5.74) is 2.05. The predicted octanol–water partition coefficient (Wildman–Crippen LogP) is 2.21. The Labute approximate surface area is 121 Å². The van der Waals surface area contributed by atoms with E-state index in [-0.39, 0.29) is 16.3 Å². The SMILES string of the molecule is COCCCn1c(C)cc(C)c(-c2n[nH]c(=S)o2)c1=O. The first kappa shape index (κ1) is 14.7. The number of ether oxygens (including phenoxy) is 1. The van der Waals surface area contributed by atoms with E-state index in [9.17, 15) is 4.79 Å². The van der Waals surface area contributed by atoms with Crippen LogP contribution >= 0.6 is 12.2 Å². The van der Waals surface area contributed by atoms with Gasteiger partial charge >= 0.3 is 0 Å². The lowest BCUT2D eigenvalue weighted by Gasteiger charge is -2.12. The van der Waals surface area contributed by atoms with Crippen LogP contribution in [0.5, 0.6) is 0 Å². The number of hydrogen-bond donors (Lipinski definition) is 1. The maximum atomic E-state index is 12.6. The van der Waals surface area contributed by atoms with Crippen molar-refractivity contribution in [3.63, 3.8) is 0 Å². The molecule has 0 radical (unpaired) electrons. The fraction of sp³-hybridized carbons (Fsp3) is 0.462. The highest BCUT2D eigenvalue weighted by atomic mass is 32.1. The number of nitrogens with zero attached hydrogens (tertiary/aromatic N) is 2. The lowest BCUT2D eigenvalue weighted by Crippen LogP contribution is -2.25. The summed E-state index contributed by atoms with van der Waals surface area (Å²) in [5.74, 6) is 0.234. The van der Waals surface area contributed by atoms with E-state index < -0.39 is 0 Å². The molecule has 2 heterocycles. The molecule has 0 atom stereocenters. The Bertz CT molecular complexity index is 714. The number of aromatic amines is 1. The van der Waals surface area contributed by atoms with Crippen molar-refractivity contribution in [2.24, 2.45) is 0 Å². The number of pyridine rings is 1. The predicted molar refractivity (Wildman–Crippen MR) is 77.4 cm³/mol. The molecule has 0 aromatic carbocycles. The molecule has 0 unspecified atom stereocenters. The van der Waals surface area contributed by atoms with Gasteiger partial charge in [0.2, 0.25) is 0 Å². The van der Waals surface area contributed by atoms with Crippen molar-refractivity contribution in [1.82, 2.24) is 14.8 Å². The van der Waals surface area contributed by atoms with Crippen molar-refractivity contribution in [1.29, 1.82) is 0 Å². The van der Waals surface area contributed by atoms with Crippen LogP contribution in [0.2, 0.25) is 0 Å². The third-order valence-electron chi connectivity index (χ3n) is 3.09. The van der Waals surface area contributed by atoms with Crippen molar-refractivity contribution in [2.75, 3.05) is 13.7 Å². The van der Waals surface area contributed by atoms with Gasteiger partial charge in [0.15, 0.2) is 0 Å². The third-order valence-corrected chi connectivity index (χ3v) is 3.26. The molecule has 0 aliphatic rings. The Hall–Kier alpha value is -1.73. The molecule has 0 aliphatic heterocycles. The van der Waals surface area contributed by atoms with E-state index in [1.54, 1.807) is 11.7 Å². The zero-order valence-corrected chi connectivity index (χ0v) is 12.5. The number of H-pyrrole nitrogens is 1. The molecule has 0 bridgehead atoms. The van der Waals surface area contributed by atoms with Crippen LogP contribution < -0.4 is 5.56 Å². The second-order valence-electron chi connectivity index (χ2n) is 4.57. The third kappa shape index (κ3) is 2.88. The molecule has 0 spiro atoms. The quantitative estimate of drug-likeness (QED) is 0.676. The minimum Gasteiger partial charge on any atom is -0.409 e. The molecule has 0 saturated carbocycles. The highest BCUT2D eigenvalue weighted by Crippen LogP contribution is 2.18. The number of rotatable bonds is 5. The monoisotopic (exact) mass is 295 g/mol. The first-order chi connectivity index (χ1) is 9.54. The van der Waals surface area contributed by atoms with Crippen molar-refractivity contribution >= 4 is 12.2 Å². The molecular formula is C13H17N3O3S. The molecule has 2 aromatic heterocycles. The summed E-state index contributed by atoms with van der Waals surface area (Å²) in [6, 6.07) is 1.94. The van der Waals surface area contributed by atoms with E-state index >= 15 is 0 Å². The summed E-state index contributed by atoms with van der Waals surface area (Å²) in [5, 5.41) is 6.48. The van der Waals surface area contributed by atoms with E-state index in [0.717, 1.165) is 17.7 Å². The summed E-state index contributed by atoms with van der Waals surface area (Å²) in [6.07, 6.45) is 0.768. The minimum absolute atomic E-state index is 0.121. The van der Waals surface area contributed by atoms with Crippen LogP contribution in [0.4, 0.5) is 0 Å². The van der Waals surface area contributed by atoms with Gasteiger partial charge in [-0.1, -0.05) is 0 Å². The van der Waals surface area contributed by atoms with Crippen LogP contribution in [0.1, 0.15) is 17.7 Å². The van der Waals surface area contributed by atoms with Crippen LogP contribution in [0.25, 0.3) is 11.5 Å². The Balaban J connectivity index is 2.50. The summed E-state index contributed by atoms with van der Waals surface area (Å²) in [4.78, 5) is 12.7. The number of methoxy groups -OCH3 is 1. The number of nitrogens with one attached hydrogen (secondary N) is 1. The van der Waals surface area contributed by atoms with Crippen molar-refractivity contribution in [2.45, 2.75) is 26.8 Å². The highest BCUT2D eigenvalue weighted by Gasteiger charge is 2.16. The fourth-order valence-electron chi connectivity index (χ4n) is 2.17. The van der Waals surface area contributed by atoms with Crippen LogP contribution in [0.15, 0.2) is 15.3 Å². The molecule has 0 fully saturated rings. The van der Waals surface area contributed by atoms with Gasteiger partial charge in [0.1, 0.15) is 5.56 Å². The van der Waals surface area contributed by atoms with Gasteiger partial charge in [-0.25, -0.2) is 5.10 Å². The molecule has 2 aromatic rings. The summed E-state index contributed by atoms with van der Waals surface area (Å²) in [6.45, 7) is 4.97. The maximum absolute atomic E-state index is 12.6. The van der Waals surface area contributed by atoms with Crippen LogP contribution in [-0.2, 0) is 11.3 Å². The van der Waals surface area contributed by atoms with Gasteiger partial charge in [-0.2, -0.15) is 0 Å². The second kappa shape index (κ2) is 6.15. The first-order valence-corrected chi connectivity index (χ1v) is 6.71. The summed E-state index contributed by atoms with van der Waals surface area (Å²) >= 11 is 4.85. The van der Waals surface area contributed by atoms with E-state index in [0.29, 0.717) is 18.7 Å². The Morgan fingerprint density at radius 2 is 2.25 bits per heavy atom. The Morgan fingerprint density at radius 3 is 2.85 bits per heavy atom. The largest absolute Gasteiger partial charge is 0.409 e. The molecular weight excluding hydrogens is 278 g/mol. The first-order valence-electron chi connectivity index (χ1n) is 6.30. The second-order valence-corrected chi connectivity index (χ2v) is 4.94. The molecule has 2 rings (SSSR count). The van der Waals surface area contributed by atoms with Gasteiger partial charge in [-0.15, -0.1) is 5.10 Å². The normalized spacial score (nSPS) is 10.9. The minimum atomic E-state index is -0.121. The van der Waals surface area contributed by atoms with Crippen molar-refractivity contribution in [3.05, 3.63) is 32.5 Å². The summed E-state index contributed by atoms with van der Waals surface area (Å²) < 4.78 is 12.0. The van der Waals surface area contributed by atoms with Gasteiger partial charge in [0.25, 0.3) is 16.3 Å². The van der Waals surface area contributed by atoms with Gasteiger partial charge < -0.3 is 13.7 Å². The lowest BCUT2D eigenvalue weighted by atomic mass is 10.1. The number of aromatic nitrogens is 3. The van der Waals surface area contributed by atoms with Gasteiger partial charge in [-0.3, -0.25) is 4.79 Å². The molecule has 1 N–H and O–H groups in total. The van der Waals surface area contributed by atoms with Gasteiger partial charge in [0.05, 0.1) is 0 Å². The van der Waals surface area contributed by atoms with Gasteiger partial charge in [0, 0.05) is 26.0 Å². The molecule has 0 amide bonds. The van der Waals surface area contributed by atoms with Crippen LogP contribution in [0.3, 0.4) is 0 Å². The molecule has 0 saturated heterocycles. The topological polar surface area (TPSA) is 73.1 Å². The van der Waals surface area contributed by atoms with Crippen LogP contribution in [-0.4, -0.2) is 28.5 Å². The smallest absolute Gasteiger partial charge is 0.284 e. The Morgan fingerprint density at radius 1 is 1.50 bits per heavy atom. The molecule has 108 valence electrons. The Kier molecular flexibility index (Phi) is 4.51. The summed E-state index contributed by atoms with van der Waals surface area (Å²) in [7, 11) is 1.64. The standard InChI is InChI=1S/C13H17N3O3S/c1-8-7-9(2)16(5-4-6-18-3)12(17)10(8)11-14-15-13(20)19-11/h7H,4-6H2,1-3H3,(H,15,20). The van der Waals surface area contributed by atoms with Crippen LogP contribution in [0, 0.1) is 18.7 Å². The maximum Gasteiger partial charge on any atom is 0.284 e. The molecule has 6 nitrogen and oxygen atoms in total. The van der Waals surface area contributed by atoms with E-state index in [1.165, 1.54) is 0 Å². The highest BCUT2D eigenvalue weighted by molar-refractivity contribution is 7.71. The fourth-order valence-corrected chi connectivity index (χ4v) is 2.29. The zero-order valence-electron chi connectivity index (χ0n) is 11.7. The van der Waals surface area contributed by atoms with Gasteiger partial charge in [-0.05, 0) is 44.1 Å². The average Bonchev–Trinajstić information content (AvgIpc) is 2.79. The number of hydrogen-bond acceptors (Lipinski definition) is 5.